The zero-order valence-electron chi connectivity index (χ0n) is 15.8. The number of ether oxygens (including phenoxy) is 1. The normalized spacial score (nSPS) is 15.0. The first-order valence-corrected chi connectivity index (χ1v) is 9.56. The predicted molar refractivity (Wildman–Crippen MR) is 111 cm³/mol. The maximum atomic E-state index is 5.65. The molecule has 2 N–H and O–H groups in total. The van der Waals surface area contributed by atoms with E-state index in [4.69, 9.17) is 17.0 Å². The number of rotatable bonds is 4. The molecule has 0 atom stereocenters. The number of nitrogens with one attached hydrogen (secondary N) is 2. The van der Waals surface area contributed by atoms with Gasteiger partial charge in [0.25, 0.3) is 0 Å². The fourth-order valence-corrected chi connectivity index (χ4v) is 3.61. The van der Waals surface area contributed by atoms with Gasteiger partial charge in [0.05, 0.1) is 33.3 Å². The second-order valence-electron chi connectivity index (χ2n) is 6.94. The van der Waals surface area contributed by atoms with Crippen molar-refractivity contribution in [2.75, 3.05) is 38.6 Å². The Kier molecular flexibility index (Phi) is 6.12. The van der Waals surface area contributed by atoms with Crippen LogP contribution in [0.15, 0.2) is 42.5 Å². The molecule has 0 radical (unpaired) electrons. The van der Waals surface area contributed by atoms with Crippen molar-refractivity contribution in [2.45, 2.75) is 20.4 Å². The zero-order chi connectivity index (χ0) is 18.5. The molecule has 0 saturated carbocycles. The van der Waals surface area contributed by atoms with Crippen LogP contribution >= 0.6 is 12.2 Å². The third kappa shape index (κ3) is 4.54. The summed E-state index contributed by atoms with van der Waals surface area (Å²) in [7, 11) is 1.70. The summed E-state index contributed by atoms with van der Waals surface area (Å²) in [5.41, 5.74) is 5.01. The molecule has 26 heavy (non-hydrogen) atoms. The highest BCUT2D eigenvalue weighted by Crippen LogP contribution is 2.18. The van der Waals surface area contributed by atoms with Crippen molar-refractivity contribution in [2.24, 2.45) is 0 Å². The van der Waals surface area contributed by atoms with Crippen molar-refractivity contribution >= 4 is 23.0 Å². The molecule has 5 heteroatoms. The zero-order valence-corrected chi connectivity index (χ0v) is 16.7. The minimum atomic E-state index is 0.835. The average molecular weight is 371 g/mol. The van der Waals surface area contributed by atoms with Gasteiger partial charge in [0, 0.05) is 11.3 Å². The summed E-state index contributed by atoms with van der Waals surface area (Å²) in [5, 5.41) is 4.27. The standard InChI is InChI=1S/C21H27N3OS/c1-16-5-4-6-20(17(16)2)22-21(26)24-13-11-23(12-14-24)15-18-7-9-19(25-3)10-8-18/h4-10H,11-15H2,1-3H3,(H,22,26)/p+1. The molecule has 1 aliphatic heterocycles. The summed E-state index contributed by atoms with van der Waals surface area (Å²) >= 11 is 5.65. The van der Waals surface area contributed by atoms with Crippen LogP contribution in [-0.2, 0) is 6.54 Å². The van der Waals surface area contributed by atoms with Crippen LogP contribution in [0.3, 0.4) is 0 Å². The summed E-state index contributed by atoms with van der Waals surface area (Å²) in [6, 6.07) is 14.7. The van der Waals surface area contributed by atoms with Crippen molar-refractivity contribution in [3.8, 4) is 5.75 Å². The van der Waals surface area contributed by atoms with Gasteiger partial charge in [-0.25, -0.2) is 0 Å². The molecule has 3 rings (SSSR count). The Morgan fingerprint density at radius 1 is 1.12 bits per heavy atom. The SMILES string of the molecule is COc1ccc(C[NH+]2CCN(C(=S)Nc3cccc(C)c3C)CC2)cc1. The number of piperazine rings is 1. The van der Waals surface area contributed by atoms with E-state index < -0.39 is 0 Å². The number of benzene rings is 2. The van der Waals surface area contributed by atoms with Crippen molar-refractivity contribution in [1.82, 2.24) is 4.90 Å². The van der Waals surface area contributed by atoms with Crippen molar-refractivity contribution < 1.29 is 9.64 Å². The van der Waals surface area contributed by atoms with Crippen LogP contribution in [-0.4, -0.2) is 43.3 Å². The van der Waals surface area contributed by atoms with E-state index in [1.165, 1.54) is 16.7 Å². The maximum absolute atomic E-state index is 5.65. The number of quaternary nitrogens is 1. The Labute approximate surface area is 161 Å². The van der Waals surface area contributed by atoms with Gasteiger partial charge in [-0.2, -0.15) is 0 Å². The first-order chi connectivity index (χ1) is 12.6. The highest BCUT2D eigenvalue weighted by Gasteiger charge is 2.22. The number of anilines is 1. The molecule has 2 aromatic carbocycles. The van der Waals surface area contributed by atoms with E-state index >= 15 is 0 Å². The second kappa shape index (κ2) is 8.52. The summed E-state index contributed by atoms with van der Waals surface area (Å²) in [4.78, 5) is 3.88. The Bertz CT molecular complexity index is 752. The van der Waals surface area contributed by atoms with Gasteiger partial charge in [-0.05, 0) is 67.5 Å². The fourth-order valence-electron chi connectivity index (χ4n) is 3.32. The molecular formula is C21H28N3OS+. The minimum Gasteiger partial charge on any atom is -0.497 e. The van der Waals surface area contributed by atoms with Gasteiger partial charge in [-0.15, -0.1) is 0 Å². The third-order valence-corrected chi connectivity index (χ3v) is 5.58. The molecule has 1 aliphatic rings. The first-order valence-electron chi connectivity index (χ1n) is 9.15. The van der Waals surface area contributed by atoms with Crippen molar-refractivity contribution in [3.63, 3.8) is 0 Å². The highest BCUT2D eigenvalue weighted by atomic mass is 32.1. The summed E-state index contributed by atoms with van der Waals surface area (Å²) in [5.74, 6) is 0.913. The molecule has 0 amide bonds. The number of hydrogen-bond donors (Lipinski definition) is 2. The smallest absolute Gasteiger partial charge is 0.173 e. The van der Waals surface area contributed by atoms with E-state index in [2.05, 4.69) is 54.4 Å². The molecule has 1 saturated heterocycles. The Morgan fingerprint density at radius 3 is 2.46 bits per heavy atom. The molecule has 2 aromatic rings. The van der Waals surface area contributed by atoms with Crippen LogP contribution in [0, 0.1) is 13.8 Å². The van der Waals surface area contributed by atoms with Gasteiger partial charge < -0.3 is 19.9 Å². The predicted octanol–water partition coefficient (Wildman–Crippen LogP) is 2.41. The molecule has 138 valence electrons. The van der Waals surface area contributed by atoms with Crippen molar-refractivity contribution in [1.29, 1.82) is 0 Å². The van der Waals surface area contributed by atoms with Gasteiger partial charge >= 0.3 is 0 Å². The molecule has 0 aliphatic carbocycles. The van der Waals surface area contributed by atoms with Crippen LogP contribution in [0.25, 0.3) is 0 Å². The van der Waals surface area contributed by atoms with Crippen LogP contribution in [0.2, 0.25) is 0 Å². The van der Waals surface area contributed by atoms with Crippen LogP contribution in [0.4, 0.5) is 5.69 Å². The van der Waals surface area contributed by atoms with Crippen LogP contribution < -0.4 is 15.0 Å². The van der Waals surface area contributed by atoms with Crippen LogP contribution in [0.5, 0.6) is 5.75 Å². The Morgan fingerprint density at radius 2 is 1.81 bits per heavy atom. The van der Waals surface area contributed by atoms with E-state index in [-0.39, 0.29) is 0 Å². The van der Waals surface area contributed by atoms with Gasteiger partial charge in [-0.1, -0.05) is 12.1 Å². The second-order valence-corrected chi connectivity index (χ2v) is 7.33. The monoisotopic (exact) mass is 370 g/mol. The van der Waals surface area contributed by atoms with E-state index in [1.54, 1.807) is 12.0 Å². The van der Waals surface area contributed by atoms with Crippen LogP contribution in [0.1, 0.15) is 16.7 Å². The Balaban J connectivity index is 1.51. The molecule has 0 bridgehead atoms. The molecule has 0 unspecified atom stereocenters. The lowest BCUT2D eigenvalue weighted by molar-refractivity contribution is -0.917. The number of methoxy groups -OCH3 is 1. The largest absolute Gasteiger partial charge is 0.497 e. The number of thiocarbonyl (C=S) groups is 1. The number of aryl methyl sites for hydroxylation is 1. The lowest BCUT2D eigenvalue weighted by atomic mass is 10.1. The summed E-state index contributed by atoms with van der Waals surface area (Å²) in [6.45, 7) is 9.49. The van der Waals surface area contributed by atoms with Gasteiger partial charge in [0.1, 0.15) is 12.3 Å². The topological polar surface area (TPSA) is 28.9 Å². The highest BCUT2D eigenvalue weighted by molar-refractivity contribution is 7.80. The van der Waals surface area contributed by atoms with Gasteiger partial charge in [-0.3, -0.25) is 0 Å². The first kappa shape index (κ1) is 18.7. The van der Waals surface area contributed by atoms with Gasteiger partial charge in [0.2, 0.25) is 0 Å². The summed E-state index contributed by atoms with van der Waals surface area (Å²) < 4.78 is 5.23. The van der Waals surface area contributed by atoms with Gasteiger partial charge in [0.15, 0.2) is 5.11 Å². The Hall–Kier alpha value is -2.11. The average Bonchev–Trinajstić information content (AvgIpc) is 2.66. The van der Waals surface area contributed by atoms with E-state index in [9.17, 15) is 0 Å². The number of hydrogen-bond acceptors (Lipinski definition) is 2. The summed E-state index contributed by atoms with van der Waals surface area (Å²) in [6.07, 6.45) is 0. The van der Waals surface area contributed by atoms with E-state index in [1.807, 2.05) is 12.1 Å². The van der Waals surface area contributed by atoms with E-state index in [0.717, 1.165) is 49.3 Å². The lowest BCUT2D eigenvalue weighted by Crippen LogP contribution is -3.13. The lowest BCUT2D eigenvalue weighted by Gasteiger charge is -2.34. The minimum absolute atomic E-state index is 0.835. The molecule has 0 spiro atoms. The molecule has 1 fully saturated rings. The van der Waals surface area contributed by atoms with E-state index in [0.29, 0.717) is 0 Å². The fraction of sp³-hybridized carbons (Fsp3) is 0.381. The number of nitrogens with zero attached hydrogens (tertiary/aromatic N) is 1. The third-order valence-electron chi connectivity index (χ3n) is 5.22. The molecule has 0 aromatic heterocycles. The quantitative estimate of drug-likeness (QED) is 0.809. The van der Waals surface area contributed by atoms with Crippen molar-refractivity contribution in [3.05, 3.63) is 59.2 Å². The maximum Gasteiger partial charge on any atom is 0.173 e. The molecule has 1 heterocycles. The molecular weight excluding hydrogens is 342 g/mol. The molecule has 4 nitrogen and oxygen atoms in total.